The Morgan fingerprint density at radius 3 is 2.41 bits per heavy atom. The minimum absolute atomic E-state index is 0.439. The number of carbonyl (C=O) groups excluding carboxylic acids is 1. The van der Waals surface area contributed by atoms with Crippen LogP contribution in [0.4, 0.5) is 4.79 Å². The fourth-order valence-corrected chi connectivity index (χ4v) is 1.37. The average molecular weight is 242 g/mol. The zero-order chi connectivity index (χ0) is 13.1. The van der Waals surface area contributed by atoms with Crippen molar-refractivity contribution < 1.29 is 14.3 Å². The first-order chi connectivity index (χ1) is 8.06. The fourth-order valence-electron chi connectivity index (χ4n) is 1.37. The lowest BCUT2D eigenvalue weighted by Crippen LogP contribution is -2.10. The summed E-state index contributed by atoms with van der Waals surface area (Å²) in [6.07, 6.45) is 5.67. The van der Waals surface area contributed by atoms with Crippen molar-refractivity contribution in [3.8, 4) is 0 Å². The van der Waals surface area contributed by atoms with Gasteiger partial charge in [0.15, 0.2) is 0 Å². The first-order valence-electron chi connectivity index (χ1n) is 6.49. The Morgan fingerprint density at radius 2 is 1.82 bits per heavy atom. The second-order valence-corrected chi connectivity index (χ2v) is 4.70. The van der Waals surface area contributed by atoms with Crippen LogP contribution in [0.5, 0.6) is 0 Å². The van der Waals surface area contributed by atoms with Crippen LogP contribution >= 0.6 is 0 Å². The van der Waals surface area contributed by atoms with Crippen LogP contribution in [0.25, 0.3) is 0 Å². The molecular weight excluding hydrogens is 216 g/mol. The van der Waals surface area contributed by atoms with Gasteiger partial charge in [0.25, 0.3) is 0 Å². The van der Waals surface area contributed by atoms with Gasteiger partial charge in [0.05, 0.1) is 13.2 Å². The van der Waals surface area contributed by atoms with Gasteiger partial charge in [0.2, 0.25) is 0 Å². The minimum atomic E-state index is -0.539. The van der Waals surface area contributed by atoms with E-state index in [1.165, 1.54) is 5.57 Å². The summed E-state index contributed by atoms with van der Waals surface area (Å²) in [6, 6.07) is 0. The molecule has 0 aromatic heterocycles. The van der Waals surface area contributed by atoms with E-state index in [1.54, 1.807) is 0 Å². The summed E-state index contributed by atoms with van der Waals surface area (Å²) in [5.74, 6) is 0.574. The van der Waals surface area contributed by atoms with Crippen LogP contribution in [0.3, 0.4) is 0 Å². The summed E-state index contributed by atoms with van der Waals surface area (Å²) in [6.45, 7) is 9.25. The molecule has 0 heterocycles. The molecule has 100 valence electrons. The van der Waals surface area contributed by atoms with E-state index in [0.29, 0.717) is 19.1 Å². The molecule has 1 unspecified atom stereocenters. The Bertz CT molecular complexity index is 230. The number of rotatable bonds is 8. The molecule has 0 spiro atoms. The van der Waals surface area contributed by atoms with Gasteiger partial charge in [-0.25, -0.2) is 4.79 Å². The van der Waals surface area contributed by atoms with E-state index in [9.17, 15) is 4.79 Å². The standard InChI is InChI=1S/C14H26O3/c1-5-10-16-14(15)17-11-9-13(4)8-6-7-12(2)3/h7,13H,5-6,8-11H2,1-4H3. The molecule has 3 heteroatoms. The third kappa shape index (κ3) is 11.3. The number of allylic oxidation sites excluding steroid dienone is 2. The van der Waals surface area contributed by atoms with Crippen LogP contribution < -0.4 is 0 Å². The molecule has 0 aliphatic carbocycles. The Balaban J connectivity index is 3.47. The van der Waals surface area contributed by atoms with Gasteiger partial charge in [-0.15, -0.1) is 0 Å². The molecule has 0 bridgehead atoms. The lowest BCUT2D eigenvalue weighted by molar-refractivity contribution is 0.0518. The maximum absolute atomic E-state index is 11.0. The van der Waals surface area contributed by atoms with Gasteiger partial charge < -0.3 is 9.47 Å². The van der Waals surface area contributed by atoms with Crippen molar-refractivity contribution in [3.63, 3.8) is 0 Å². The molecule has 17 heavy (non-hydrogen) atoms. The molecule has 0 saturated carbocycles. The predicted octanol–water partition coefficient (Wildman–Crippen LogP) is 4.32. The molecule has 0 N–H and O–H groups in total. The van der Waals surface area contributed by atoms with E-state index in [0.717, 1.165) is 25.7 Å². The molecule has 0 radical (unpaired) electrons. The van der Waals surface area contributed by atoms with E-state index in [-0.39, 0.29) is 0 Å². The monoisotopic (exact) mass is 242 g/mol. The van der Waals surface area contributed by atoms with Gasteiger partial charge in [-0.2, -0.15) is 0 Å². The lowest BCUT2D eigenvalue weighted by atomic mass is 10.0. The molecule has 0 aliphatic heterocycles. The second kappa shape index (κ2) is 10.2. The Morgan fingerprint density at radius 1 is 1.18 bits per heavy atom. The van der Waals surface area contributed by atoms with Crippen molar-refractivity contribution in [1.29, 1.82) is 0 Å². The largest absolute Gasteiger partial charge is 0.508 e. The third-order valence-electron chi connectivity index (χ3n) is 2.47. The fraction of sp³-hybridized carbons (Fsp3) is 0.786. The Labute approximate surface area is 105 Å². The highest BCUT2D eigenvalue weighted by atomic mass is 16.7. The summed E-state index contributed by atoms with van der Waals surface area (Å²) >= 11 is 0. The van der Waals surface area contributed by atoms with Crippen LogP contribution in [0.1, 0.15) is 53.4 Å². The van der Waals surface area contributed by atoms with E-state index in [1.807, 2.05) is 6.92 Å². The van der Waals surface area contributed by atoms with Crippen molar-refractivity contribution in [2.75, 3.05) is 13.2 Å². The summed E-state index contributed by atoms with van der Waals surface area (Å²) in [5.41, 5.74) is 1.36. The molecule has 0 amide bonds. The molecule has 0 fully saturated rings. The number of carbonyl (C=O) groups is 1. The van der Waals surface area contributed by atoms with Crippen molar-refractivity contribution >= 4 is 6.16 Å². The van der Waals surface area contributed by atoms with Gasteiger partial charge >= 0.3 is 6.16 Å². The summed E-state index contributed by atoms with van der Waals surface area (Å²) in [7, 11) is 0. The topological polar surface area (TPSA) is 35.5 Å². The normalized spacial score (nSPS) is 11.8. The van der Waals surface area contributed by atoms with E-state index >= 15 is 0 Å². The number of hydrogen-bond acceptors (Lipinski definition) is 3. The molecule has 0 aromatic carbocycles. The van der Waals surface area contributed by atoms with Crippen molar-refractivity contribution in [2.24, 2.45) is 5.92 Å². The zero-order valence-electron chi connectivity index (χ0n) is 11.6. The first-order valence-corrected chi connectivity index (χ1v) is 6.49. The van der Waals surface area contributed by atoms with Crippen LogP contribution in [0, 0.1) is 5.92 Å². The quantitative estimate of drug-likeness (QED) is 0.469. The molecule has 0 aliphatic rings. The Hall–Kier alpha value is -0.990. The summed E-state index contributed by atoms with van der Waals surface area (Å²) in [5, 5.41) is 0. The molecule has 0 aromatic rings. The first kappa shape index (κ1) is 16.0. The smallest absolute Gasteiger partial charge is 0.434 e. The van der Waals surface area contributed by atoms with Gasteiger partial charge in [-0.05, 0) is 45.4 Å². The number of hydrogen-bond donors (Lipinski definition) is 0. The molecule has 0 saturated heterocycles. The molecule has 0 rings (SSSR count). The van der Waals surface area contributed by atoms with Crippen LogP contribution in [0.15, 0.2) is 11.6 Å². The lowest BCUT2D eigenvalue weighted by Gasteiger charge is -2.10. The van der Waals surface area contributed by atoms with Crippen LogP contribution in [-0.4, -0.2) is 19.4 Å². The zero-order valence-corrected chi connectivity index (χ0v) is 11.6. The average Bonchev–Trinajstić information content (AvgIpc) is 2.25. The molecule has 3 nitrogen and oxygen atoms in total. The Kier molecular flexibility index (Phi) is 9.59. The van der Waals surface area contributed by atoms with Crippen LogP contribution in [-0.2, 0) is 9.47 Å². The van der Waals surface area contributed by atoms with Gasteiger partial charge in [-0.3, -0.25) is 0 Å². The van der Waals surface area contributed by atoms with E-state index in [4.69, 9.17) is 9.47 Å². The van der Waals surface area contributed by atoms with E-state index in [2.05, 4.69) is 26.8 Å². The van der Waals surface area contributed by atoms with Crippen molar-refractivity contribution in [3.05, 3.63) is 11.6 Å². The van der Waals surface area contributed by atoms with Gasteiger partial charge in [0.1, 0.15) is 0 Å². The van der Waals surface area contributed by atoms with Crippen LogP contribution in [0.2, 0.25) is 0 Å². The van der Waals surface area contributed by atoms with Gasteiger partial charge in [0, 0.05) is 0 Å². The summed E-state index contributed by atoms with van der Waals surface area (Å²) in [4.78, 5) is 11.0. The predicted molar refractivity (Wildman–Crippen MR) is 70.0 cm³/mol. The minimum Gasteiger partial charge on any atom is -0.434 e. The highest BCUT2D eigenvalue weighted by Gasteiger charge is 2.05. The third-order valence-corrected chi connectivity index (χ3v) is 2.47. The van der Waals surface area contributed by atoms with Crippen molar-refractivity contribution in [1.82, 2.24) is 0 Å². The molecule has 1 atom stereocenters. The van der Waals surface area contributed by atoms with Crippen molar-refractivity contribution in [2.45, 2.75) is 53.4 Å². The maximum Gasteiger partial charge on any atom is 0.508 e. The molecular formula is C14H26O3. The number of ether oxygens (including phenoxy) is 2. The highest BCUT2D eigenvalue weighted by Crippen LogP contribution is 2.11. The highest BCUT2D eigenvalue weighted by molar-refractivity contribution is 5.59. The summed E-state index contributed by atoms with van der Waals surface area (Å²) < 4.78 is 9.78. The SMILES string of the molecule is CCCOC(=O)OCCC(C)CCC=C(C)C. The maximum atomic E-state index is 11.0. The van der Waals surface area contributed by atoms with E-state index < -0.39 is 6.16 Å². The second-order valence-electron chi connectivity index (χ2n) is 4.70. The van der Waals surface area contributed by atoms with Gasteiger partial charge in [-0.1, -0.05) is 25.5 Å².